The predicted octanol–water partition coefficient (Wildman–Crippen LogP) is 3.28. The number of rotatable bonds is 6. The summed E-state index contributed by atoms with van der Waals surface area (Å²) in [7, 11) is 4.23. The summed E-state index contributed by atoms with van der Waals surface area (Å²) in [6.07, 6.45) is 0. The van der Waals surface area contributed by atoms with Gasteiger partial charge < -0.3 is 10.2 Å². The molecule has 0 aromatic heterocycles. The molecule has 3 nitrogen and oxygen atoms in total. The Hall–Kier alpha value is -2.91. The molecule has 0 unspecified atom stereocenters. The van der Waals surface area contributed by atoms with E-state index < -0.39 is 0 Å². The number of quaternary nitrogens is 1. The van der Waals surface area contributed by atoms with Gasteiger partial charge in [-0.2, -0.15) is 0 Å². The Morgan fingerprint density at radius 3 is 2.04 bits per heavy atom. The lowest BCUT2D eigenvalue weighted by Crippen LogP contribution is -3.07. The number of carbonyl (C=O) groups excluding carboxylic acids is 1. The molecule has 0 aliphatic rings. The van der Waals surface area contributed by atoms with Crippen LogP contribution in [0.1, 0.15) is 27.5 Å². The molecule has 0 radical (unpaired) electrons. The third-order valence-electron chi connectivity index (χ3n) is 4.90. The Labute approximate surface area is 161 Å². The van der Waals surface area contributed by atoms with Crippen LogP contribution in [-0.4, -0.2) is 26.5 Å². The fourth-order valence-corrected chi connectivity index (χ4v) is 3.20. The van der Waals surface area contributed by atoms with Crippen molar-refractivity contribution in [3.8, 4) is 11.1 Å². The van der Waals surface area contributed by atoms with Gasteiger partial charge in [0, 0.05) is 11.1 Å². The van der Waals surface area contributed by atoms with Crippen molar-refractivity contribution in [1.82, 2.24) is 5.32 Å². The summed E-state index contributed by atoms with van der Waals surface area (Å²) >= 11 is 0. The molecule has 138 valence electrons. The molecule has 0 heterocycles. The van der Waals surface area contributed by atoms with Crippen molar-refractivity contribution in [2.45, 2.75) is 13.0 Å². The normalized spacial score (nSPS) is 12.0. The van der Waals surface area contributed by atoms with Gasteiger partial charge in [-0.15, -0.1) is 0 Å². The van der Waals surface area contributed by atoms with Crippen LogP contribution in [-0.2, 0) is 0 Å². The third kappa shape index (κ3) is 4.83. The van der Waals surface area contributed by atoms with Crippen LogP contribution in [0.2, 0.25) is 0 Å². The zero-order valence-corrected chi connectivity index (χ0v) is 16.2. The summed E-state index contributed by atoms with van der Waals surface area (Å²) in [6, 6.07) is 26.7. The molecule has 3 heteroatoms. The summed E-state index contributed by atoms with van der Waals surface area (Å²) in [4.78, 5) is 13.9. The number of aryl methyl sites for hydroxylation is 1. The Morgan fingerprint density at radius 2 is 1.44 bits per heavy atom. The number of amides is 1. The van der Waals surface area contributed by atoms with E-state index in [-0.39, 0.29) is 11.9 Å². The van der Waals surface area contributed by atoms with E-state index in [9.17, 15) is 4.79 Å². The van der Waals surface area contributed by atoms with Crippen LogP contribution < -0.4 is 10.2 Å². The lowest BCUT2D eigenvalue weighted by molar-refractivity contribution is -0.890. The highest BCUT2D eigenvalue weighted by Crippen LogP contribution is 2.19. The molecular formula is C24H27N2O+. The Bertz CT molecular complexity index is 869. The van der Waals surface area contributed by atoms with Crippen molar-refractivity contribution >= 4 is 5.91 Å². The average Bonchev–Trinajstić information content (AvgIpc) is 2.70. The van der Waals surface area contributed by atoms with E-state index in [1.807, 2.05) is 42.5 Å². The molecular weight excluding hydrogens is 332 g/mol. The first-order valence-corrected chi connectivity index (χ1v) is 9.35. The van der Waals surface area contributed by atoms with Gasteiger partial charge in [0.25, 0.3) is 5.91 Å². The Morgan fingerprint density at radius 1 is 0.852 bits per heavy atom. The van der Waals surface area contributed by atoms with Crippen molar-refractivity contribution in [3.05, 3.63) is 95.6 Å². The van der Waals surface area contributed by atoms with E-state index in [1.165, 1.54) is 16.0 Å². The van der Waals surface area contributed by atoms with Crippen molar-refractivity contribution in [2.24, 2.45) is 0 Å². The third-order valence-corrected chi connectivity index (χ3v) is 4.90. The predicted molar refractivity (Wildman–Crippen MR) is 111 cm³/mol. The van der Waals surface area contributed by atoms with E-state index in [4.69, 9.17) is 0 Å². The van der Waals surface area contributed by atoms with E-state index in [0.717, 1.165) is 11.1 Å². The minimum atomic E-state index is -0.0343. The Balaban J connectivity index is 1.66. The first kappa shape index (κ1) is 18.9. The number of hydrogen-bond donors (Lipinski definition) is 2. The van der Waals surface area contributed by atoms with E-state index in [0.29, 0.717) is 12.1 Å². The zero-order chi connectivity index (χ0) is 19.2. The molecule has 0 saturated carbocycles. The molecule has 2 N–H and O–H groups in total. The fraction of sp³-hybridized carbons (Fsp3) is 0.208. The van der Waals surface area contributed by atoms with Crippen LogP contribution in [0, 0.1) is 6.92 Å². The van der Waals surface area contributed by atoms with Gasteiger partial charge in [-0.1, -0.05) is 72.3 Å². The topological polar surface area (TPSA) is 33.5 Å². The molecule has 0 saturated heterocycles. The van der Waals surface area contributed by atoms with Crippen molar-refractivity contribution in [3.63, 3.8) is 0 Å². The van der Waals surface area contributed by atoms with Gasteiger partial charge in [-0.3, -0.25) is 4.79 Å². The lowest BCUT2D eigenvalue weighted by atomic mass is 10.0. The van der Waals surface area contributed by atoms with Crippen molar-refractivity contribution in [1.29, 1.82) is 0 Å². The molecule has 0 aliphatic heterocycles. The molecule has 0 spiro atoms. The molecule has 0 bridgehead atoms. The Kier molecular flexibility index (Phi) is 6.05. The summed E-state index contributed by atoms with van der Waals surface area (Å²) < 4.78 is 0. The number of benzene rings is 3. The van der Waals surface area contributed by atoms with Gasteiger partial charge in [0.2, 0.25) is 0 Å². The zero-order valence-electron chi connectivity index (χ0n) is 16.2. The summed E-state index contributed by atoms with van der Waals surface area (Å²) in [5.74, 6) is -0.0343. The second kappa shape index (κ2) is 8.65. The van der Waals surface area contributed by atoms with Crippen LogP contribution in [0.15, 0.2) is 78.9 Å². The summed E-state index contributed by atoms with van der Waals surface area (Å²) in [5.41, 5.74) is 5.43. The van der Waals surface area contributed by atoms with Crippen LogP contribution in [0.3, 0.4) is 0 Å². The van der Waals surface area contributed by atoms with E-state index in [2.05, 4.69) is 62.7 Å². The first-order chi connectivity index (χ1) is 13.0. The largest absolute Gasteiger partial charge is 0.346 e. The second-order valence-electron chi connectivity index (χ2n) is 7.19. The minimum Gasteiger partial charge on any atom is -0.346 e. The molecule has 3 rings (SSSR count). The van der Waals surface area contributed by atoms with Crippen molar-refractivity contribution < 1.29 is 9.69 Å². The average molecular weight is 359 g/mol. The quantitative estimate of drug-likeness (QED) is 0.696. The number of hydrogen-bond acceptors (Lipinski definition) is 1. The molecule has 3 aromatic carbocycles. The summed E-state index contributed by atoms with van der Waals surface area (Å²) in [6.45, 7) is 2.69. The van der Waals surface area contributed by atoms with Gasteiger partial charge in [0.05, 0.1) is 20.6 Å². The molecule has 1 atom stereocenters. The fourth-order valence-electron chi connectivity index (χ4n) is 3.20. The van der Waals surface area contributed by atoms with Gasteiger partial charge in [-0.05, 0) is 30.2 Å². The maximum Gasteiger partial charge on any atom is 0.251 e. The van der Waals surface area contributed by atoms with Crippen molar-refractivity contribution in [2.75, 3.05) is 20.6 Å². The second-order valence-corrected chi connectivity index (χ2v) is 7.19. The van der Waals surface area contributed by atoms with Crippen LogP contribution in [0.25, 0.3) is 11.1 Å². The first-order valence-electron chi connectivity index (χ1n) is 9.35. The minimum absolute atomic E-state index is 0.0343. The standard InChI is InChI=1S/C24H26N2O/c1-18-9-11-21(12-10-18)23(26(2)3)17-25-24(27)22-15-13-20(14-16-22)19-7-5-4-6-8-19/h4-16,23H,17H2,1-3H3,(H,25,27)/p+1/t23-/m0/s1. The molecule has 3 aromatic rings. The van der Waals surface area contributed by atoms with Gasteiger partial charge >= 0.3 is 0 Å². The molecule has 0 fully saturated rings. The maximum atomic E-state index is 12.6. The van der Waals surface area contributed by atoms with Gasteiger partial charge in [0.1, 0.15) is 6.04 Å². The SMILES string of the molecule is Cc1ccc([C@H](CNC(=O)c2ccc(-c3ccccc3)cc2)[NH+](C)C)cc1. The molecule has 27 heavy (non-hydrogen) atoms. The smallest absolute Gasteiger partial charge is 0.251 e. The maximum absolute atomic E-state index is 12.6. The lowest BCUT2D eigenvalue weighted by Gasteiger charge is -2.22. The monoisotopic (exact) mass is 359 g/mol. The summed E-state index contributed by atoms with van der Waals surface area (Å²) in [5, 5.41) is 3.09. The molecule has 1 amide bonds. The molecule has 0 aliphatic carbocycles. The van der Waals surface area contributed by atoms with E-state index >= 15 is 0 Å². The van der Waals surface area contributed by atoms with Gasteiger partial charge in [0.15, 0.2) is 0 Å². The number of nitrogens with one attached hydrogen (secondary N) is 2. The van der Waals surface area contributed by atoms with Gasteiger partial charge in [-0.25, -0.2) is 0 Å². The highest BCUT2D eigenvalue weighted by atomic mass is 16.1. The highest BCUT2D eigenvalue weighted by molar-refractivity contribution is 5.94. The van der Waals surface area contributed by atoms with E-state index in [1.54, 1.807) is 0 Å². The van der Waals surface area contributed by atoms with Crippen LogP contribution in [0.5, 0.6) is 0 Å². The number of carbonyl (C=O) groups is 1. The van der Waals surface area contributed by atoms with Crippen LogP contribution in [0.4, 0.5) is 0 Å². The number of likely N-dealkylation sites (N-methyl/N-ethyl adjacent to an activating group) is 1. The van der Waals surface area contributed by atoms with Crippen LogP contribution >= 0.6 is 0 Å². The highest BCUT2D eigenvalue weighted by Gasteiger charge is 2.19.